The molecular formula is C12H11BrN2O5. The van der Waals surface area contributed by atoms with Gasteiger partial charge in [0.05, 0.1) is 24.3 Å². The number of carbonyl (C=O) groups is 1. The average Bonchev–Trinajstić information content (AvgIpc) is 2.90. The number of carboxylic acid groups (broad SMARTS) is 1. The minimum atomic E-state index is -1.15. The monoisotopic (exact) mass is 342 g/mol. The summed E-state index contributed by atoms with van der Waals surface area (Å²) in [5.74, 6) is -0.626. The summed E-state index contributed by atoms with van der Waals surface area (Å²) in [6, 6.07) is 2.84. The van der Waals surface area contributed by atoms with E-state index >= 15 is 0 Å². The summed E-state index contributed by atoms with van der Waals surface area (Å²) >= 11 is 3.19. The first-order valence-corrected chi connectivity index (χ1v) is 6.21. The lowest BCUT2D eigenvalue weighted by molar-refractivity contribution is 0.0690. The van der Waals surface area contributed by atoms with Crippen LogP contribution in [-0.2, 0) is 0 Å². The van der Waals surface area contributed by atoms with Gasteiger partial charge in [-0.15, -0.1) is 0 Å². The number of carboxylic acids is 1. The van der Waals surface area contributed by atoms with Crippen LogP contribution in [0.1, 0.15) is 10.5 Å². The third-order valence-electron chi connectivity index (χ3n) is 2.66. The maximum Gasteiger partial charge on any atom is 0.353 e. The number of aromatic carboxylic acids is 1. The predicted octanol–water partition coefficient (Wildman–Crippen LogP) is 2.26. The first kappa shape index (κ1) is 14.2. The zero-order chi connectivity index (χ0) is 14.9. The standard InChI is InChI=1S/C12H11BrN2O5/c1-19-8-3-5(13)10(16)9(11(8)20-2)6-4-7(12(17)18)15-14-6/h3-4,16H,1-2H3,(H,14,15)(H,17,18). The number of H-pyrrole nitrogens is 1. The topological polar surface area (TPSA) is 105 Å². The van der Waals surface area contributed by atoms with E-state index in [0.29, 0.717) is 10.2 Å². The van der Waals surface area contributed by atoms with Gasteiger partial charge in [-0.1, -0.05) is 0 Å². The van der Waals surface area contributed by atoms with Gasteiger partial charge in [0.15, 0.2) is 11.5 Å². The fraction of sp³-hybridized carbons (Fsp3) is 0.167. The number of phenols is 1. The highest BCUT2D eigenvalue weighted by Crippen LogP contribution is 2.47. The van der Waals surface area contributed by atoms with Gasteiger partial charge in [0.2, 0.25) is 0 Å². The molecule has 0 atom stereocenters. The molecule has 3 N–H and O–H groups in total. The molecule has 0 radical (unpaired) electrons. The molecule has 0 fully saturated rings. The van der Waals surface area contributed by atoms with Gasteiger partial charge >= 0.3 is 5.97 Å². The Balaban J connectivity index is 2.70. The second-order valence-electron chi connectivity index (χ2n) is 3.79. The summed E-state index contributed by atoms with van der Waals surface area (Å²) in [5.41, 5.74) is 0.374. The van der Waals surface area contributed by atoms with Gasteiger partial charge in [-0.25, -0.2) is 4.79 Å². The Hall–Kier alpha value is -2.22. The number of hydrogen-bond acceptors (Lipinski definition) is 5. The van der Waals surface area contributed by atoms with Gasteiger partial charge in [0.1, 0.15) is 17.1 Å². The van der Waals surface area contributed by atoms with Gasteiger partial charge in [-0.3, -0.25) is 5.10 Å². The minimum Gasteiger partial charge on any atom is -0.506 e. The Bertz CT molecular complexity index is 668. The summed E-state index contributed by atoms with van der Waals surface area (Å²) < 4.78 is 10.8. The van der Waals surface area contributed by atoms with Crippen molar-refractivity contribution in [3.63, 3.8) is 0 Å². The fourth-order valence-electron chi connectivity index (χ4n) is 1.75. The largest absolute Gasteiger partial charge is 0.506 e. The van der Waals surface area contributed by atoms with Gasteiger partial charge in [0, 0.05) is 6.07 Å². The minimum absolute atomic E-state index is 0.0969. The highest BCUT2D eigenvalue weighted by molar-refractivity contribution is 9.10. The van der Waals surface area contributed by atoms with Crippen molar-refractivity contribution in [2.45, 2.75) is 0 Å². The Morgan fingerprint density at radius 2 is 2.05 bits per heavy atom. The van der Waals surface area contributed by atoms with Crippen LogP contribution in [0.4, 0.5) is 0 Å². The fourth-order valence-corrected chi connectivity index (χ4v) is 2.16. The van der Waals surface area contributed by atoms with Crippen LogP contribution in [-0.4, -0.2) is 40.6 Å². The SMILES string of the molecule is COc1cc(Br)c(O)c(-c2cc(C(=O)O)[nH]n2)c1OC. The Kier molecular flexibility index (Phi) is 3.84. The molecule has 0 amide bonds. The number of methoxy groups -OCH3 is 2. The predicted molar refractivity (Wildman–Crippen MR) is 73.5 cm³/mol. The van der Waals surface area contributed by atoms with Crippen molar-refractivity contribution in [2.75, 3.05) is 14.2 Å². The van der Waals surface area contributed by atoms with Gasteiger partial charge in [-0.2, -0.15) is 5.10 Å². The molecule has 1 heterocycles. The van der Waals surface area contributed by atoms with E-state index < -0.39 is 5.97 Å². The molecule has 0 aliphatic carbocycles. The molecule has 0 saturated heterocycles. The van der Waals surface area contributed by atoms with Crippen molar-refractivity contribution in [1.82, 2.24) is 10.2 Å². The van der Waals surface area contributed by atoms with E-state index in [-0.39, 0.29) is 28.5 Å². The first-order valence-electron chi connectivity index (χ1n) is 5.42. The zero-order valence-electron chi connectivity index (χ0n) is 10.6. The van der Waals surface area contributed by atoms with Crippen LogP contribution in [0.3, 0.4) is 0 Å². The summed E-state index contributed by atoms with van der Waals surface area (Å²) in [6.07, 6.45) is 0. The molecule has 0 bridgehead atoms. The summed E-state index contributed by atoms with van der Waals surface area (Å²) in [4.78, 5) is 10.9. The lowest BCUT2D eigenvalue weighted by Crippen LogP contribution is -1.95. The van der Waals surface area contributed by atoms with Crippen molar-refractivity contribution in [2.24, 2.45) is 0 Å². The van der Waals surface area contributed by atoms with Gasteiger partial charge < -0.3 is 19.7 Å². The van der Waals surface area contributed by atoms with E-state index in [1.54, 1.807) is 6.07 Å². The van der Waals surface area contributed by atoms with E-state index in [0.717, 1.165) is 0 Å². The number of phenolic OH excluding ortho intramolecular Hbond substituents is 1. The number of ether oxygens (including phenoxy) is 2. The number of benzene rings is 1. The van der Waals surface area contributed by atoms with Crippen LogP contribution in [0, 0.1) is 0 Å². The number of halogens is 1. The molecule has 7 nitrogen and oxygen atoms in total. The quantitative estimate of drug-likeness (QED) is 0.787. The summed E-state index contributed by atoms with van der Waals surface area (Å²) in [5, 5.41) is 25.3. The molecule has 8 heteroatoms. The van der Waals surface area contributed by atoms with Crippen molar-refractivity contribution in [3.8, 4) is 28.5 Å². The summed E-state index contributed by atoms with van der Waals surface area (Å²) in [7, 11) is 2.87. The molecule has 0 unspecified atom stereocenters. The number of hydrogen-bond donors (Lipinski definition) is 3. The van der Waals surface area contributed by atoms with Crippen LogP contribution in [0.2, 0.25) is 0 Å². The maximum absolute atomic E-state index is 10.9. The van der Waals surface area contributed by atoms with Crippen molar-refractivity contribution in [3.05, 3.63) is 22.3 Å². The number of aromatic nitrogens is 2. The molecule has 0 spiro atoms. The molecule has 2 rings (SSSR count). The highest BCUT2D eigenvalue weighted by atomic mass is 79.9. The Labute approximate surface area is 122 Å². The normalized spacial score (nSPS) is 10.3. The van der Waals surface area contributed by atoms with Crippen molar-refractivity contribution >= 4 is 21.9 Å². The molecule has 1 aromatic carbocycles. The number of aromatic hydroxyl groups is 1. The van der Waals surface area contributed by atoms with Crippen LogP contribution < -0.4 is 9.47 Å². The Morgan fingerprint density at radius 1 is 1.35 bits per heavy atom. The van der Waals surface area contributed by atoms with Crippen molar-refractivity contribution in [1.29, 1.82) is 0 Å². The van der Waals surface area contributed by atoms with Crippen molar-refractivity contribution < 1.29 is 24.5 Å². The molecule has 20 heavy (non-hydrogen) atoms. The van der Waals surface area contributed by atoms with Crippen LogP contribution in [0.25, 0.3) is 11.3 Å². The lowest BCUT2D eigenvalue weighted by atomic mass is 10.1. The van der Waals surface area contributed by atoms with E-state index in [1.807, 2.05) is 0 Å². The van der Waals surface area contributed by atoms with E-state index in [1.165, 1.54) is 20.3 Å². The maximum atomic E-state index is 10.9. The zero-order valence-corrected chi connectivity index (χ0v) is 12.2. The molecule has 106 valence electrons. The second-order valence-corrected chi connectivity index (χ2v) is 4.64. The Morgan fingerprint density at radius 3 is 2.55 bits per heavy atom. The van der Waals surface area contributed by atoms with Crippen LogP contribution >= 0.6 is 15.9 Å². The molecule has 2 aromatic rings. The molecule has 0 saturated carbocycles. The van der Waals surface area contributed by atoms with E-state index in [2.05, 4.69) is 26.1 Å². The number of nitrogens with one attached hydrogen (secondary N) is 1. The van der Waals surface area contributed by atoms with Gasteiger partial charge in [-0.05, 0) is 22.0 Å². The average molecular weight is 343 g/mol. The number of nitrogens with zero attached hydrogens (tertiary/aromatic N) is 1. The third kappa shape index (κ3) is 2.29. The molecule has 0 aliphatic heterocycles. The smallest absolute Gasteiger partial charge is 0.353 e. The second kappa shape index (κ2) is 5.41. The first-order chi connectivity index (χ1) is 9.49. The van der Waals surface area contributed by atoms with Gasteiger partial charge in [0.25, 0.3) is 0 Å². The van der Waals surface area contributed by atoms with E-state index in [4.69, 9.17) is 14.6 Å². The molecular weight excluding hydrogens is 332 g/mol. The highest BCUT2D eigenvalue weighted by Gasteiger charge is 2.22. The lowest BCUT2D eigenvalue weighted by Gasteiger charge is -2.14. The van der Waals surface area contributed by atoms with Crippen LogP contribution in [0.15, 0.2) is 16.6 Å². The third-order valence-corrected chi connectivity index (χ3v) is 3.26. The summed E-state index contributed by atoms with van der Waals surface area (Å²) in [6.45, 7) is 0. The molecule has 0 aliphatic rings. The number of rotatable bonds is 4. The number of aromatic amines is 1. The van der Waals surface area contributed by atoms with Crippen LogP contribution in [0.5, 0.6) is 17.2 Å². The molecule has 1 aromatic heterocycles. The van der Waals surface area contributed by atoms with E-state index in [9.17, 15) is 9.90 Å².